The molecule has 0 fully saturated rings. The van der Waals surface area contributed by atoms with Crippen LogP contribution in [0.4, 0.5) is 0 Å². The Morgan fingerprint density at radius 2 is 2.30 bits per heavy atom. The Morgan fingerprint density at radius 3 is 3.10 bits per heavy atom. The van der Waals surface area contributed by atoms with Gasteiger partial charge in [-0.15, -0.1) is 11.3 Å². The van der Waals surface area contributed by atoms with Crippen molar-refractivity contribution in [2.75, 3.05) is 0 Å². The quantitative estimate of drug-likeness (QED) is 0.561. The lowest BCUT2D eigenvalue weighted by molar-refractivity contribution is 1.39. The van der Waals surface area contributed by atoms with Crippen LogP contribution in [0.1, 0.15) is 5.56 Å². The highest BCUT2D eigenvalue weighted by Crippen LogP contribution is 2.21. The largest absolute Gasteiger partial charge is 0.255 e. The molecule has 0 saturated carbocycles. The molecule has 0 spiro atoms. The van der Waals surface area contributed by atoms with E-state index in [4.69, 9.17) is 0 Å². The lowest BCUT2D eigenvalue weighted by Gasteiger charge is -1.90. The molecule has 2 aromatic rings. The van der Waals surface area contributed by atoms with Crippen LogP contribution in [0.25, 0.3) is 10.2 Å². The van der Waals surface area contributed by atoms with Gasteiger partial charge in [0, 0.05) is 6.20 Å². The molecule has 0 N–H and O–H groups in total. The molecule has 0 aliphatic rings. The number of hydrogen-bond donors (Lipinski definition) is 0. The van der Waals surface area contributed by atoms with Gasteiger partial charge in [-0.3, -0.25) is 4.98 Å². The summed E-state index contributed by atoms with van der Waals surface area (Å²) in [6.45, 7) is 2.11. The molecule has 0 aliphatic carbocycles. The maximum atomic E-state index is 4.21. The van der Waals surface area contributed by atoms with E-state index in [2.05, 4.69) is 17.3 Å². The van der Waals surface area contributed by atoms with Gasteiger partial charge >= 0.3 is 0 Å². The van der Waals surface area contributed by atoms with Crippen molar-refractivity contribution in [2.24, 2.45) is 0 Å². The van der Waals surface area contributed by atoms with Crippen LogP contribution in [0, 0.1) is 6.92 Å². The summed E-state index contributed by atoms with van der Waals surface area (Å²) in [5, 5.41) is 2.07. The summed E-state index contributed by atoms with van der Waals surface area (Å²) in [6, 6.07) is 4.09. The van der Waals surface area contributed by atoms with E-state index in [0.29, 0.717) is 0 Å². The standard InChI is InChI=1S/C8H7NS/c1-6-2-4-9-7-3-5-10-8(6)7/h2-5H,1H3. The van der Waals surface area contributed by atoms with Gasteiger partial charge < -0.3 is 0 Å². The number of aryl methyl sites for hydroxylation is 1. The van der Waals surface area contributed by atoms with Crippen molar-refractivity contribution in [1.29, 1.82) is 0 Å². The Hall–Kier alpha value is -0.890. The third kappa shape index (κ3) is 0.727. The molecule has 0 saturated heterocycles. The minimum atomic E-state index is 1.12. The molecule has 50 valence electrons. The lowest BCUT2D eigenvalue weighted by atomic mass is 10.3. The van der Waals surface area contributed by atoms with Crippen molar-refractivity contribution in [1.82, 2.24) is 4.98 Å². The second kappa shape index (κ2) is 2.06. The van der Waals surface area contributed by atoms with Crippen LogP contribution in [0.15, 0.2) is 23.7 Å². The van der Waals surface area contributed by atoms with E-state index in [0.717, 1.165) is 5.52 Å². The van der Waals surface area contributed by atoms with Gasteiger partial charge in [0.15, 0.2) is 0 Å². The number of fused-ring (bicyclic) bond motifs is 1. The first-order valence-corrected chi connectivity index (χ1v) is 4.05. The predicted molar refractivity (Wildman–Crippen MR) is 44.4 cm³/mol. The molecule has 2 rings (SSSR count). The van der Waals surface area contributed by atoms with E-state index in [1.54, 1.807) is 11.3 Å². The molecular formula is C8H7NS. The molecule has 0 aliphatic heterocycles. The monoisotopic (exact) mass is 149 g/mol. The number of thiophene rings is 1. The van der Waals surface area contributed by atoms with Crippen LogP contribution in [0.3, 0.4) is 0 Å². The third-order valence-corrected chi connectivity index (χ3v) is 2.58. The topological polar surface area (TPSA) is 12.9 Å². The highest BCUT2D eigenvalue weighted by Gasteiger charge is 1.96. The highest BCUT2D eigenvalue weighted by molar-refractivity contribution is 7.17. The van der Waals surface area contributed by atoms with E-state index < -0.39 is 0 Å². The number of hydrogen-bond acceptors (Lipinski definition) is 2. The number of rotatable bonds is 0. The van der Waals surface area contributed by atoms with E-state index in [9.17, 15) is 0 Å². The maximum Gasteiger partial charge on any atom is 0.0812 e. The van der Waals surface area contributed by atoms with Crippen molar-refractivity contribution in [2.45, 2.75) is 6.92 Å². The van der Waals surface area contributed by atoms with Gasteiger partial charge in [0.1, 0.15) is 0 Å². The third-order valence-electron chi connectivity index (χ3n) is 1.54. The average Bonchev–Trinajstić information content (AvgIpc) is 2.36. The Bertz CT molecular complexity index is 351. The minimum Gasteiger partial charge on any atom is -0.255 e. The minimum absolute atomic E-state index is 1.12. The zero-order valence-corrected chi connectivity index (χ0v) is 6.48. The second-order valence-corrected chi connectivity index (χ2v) is 3.18. The molecule has 2 aromatic heterocycles. The fraction of sp³-hybridized carbons (Fsp3) is 0.125. The molecule has 0 unspecified atom stereocenters. The first-order valence-electron chi connectivity index (χ1n) is 3.17. The van der Waals surface area contributed by atoms with Crippen LogP contribution in [0.2, 0.25) is 0 Å². The normalized spacial score (nSPS) is 10.5. The first-order chi connectivity index (χ1) is 4.88. The molecule has 0 atom stereocenters. The fourth-order valence-electron chi connectivity index (χ4n) is 1.00. The van der Waals surface area contributed by atoms with Gasteiger partial charge in [-0.25, -0.2) is 0 Å². The van der Waals surface area contributed by atoms with E-state index in [1.165, 1.54) is 10.3 Å². The Labute approximate surface area is 63.3 Å². The van der Waals surface area contributed by atoms with Crippen LogP contribution in [-0.4, -0.2) is 4.98 Å². The van der Waals surface area contributed by atoms with Crippen LogP contribution >= 0.6 is 11.3 Å². The van der Waals surface area contributed by atoms with Gasteiger partial charge in [-0.1, -0.05) is 0 Å². The molecule has 0 amide bonds. The van der Waals surface area contributed by atoms with Crippen LogP contribution < -0.4 is 0 Å². The van der Waals surface area contributed by atoms with Crippen molar-refractivity contribution in [3.63, 3.8) is 0 Å². The molecule has 1 nitrogen and oxygen atoms in total. The predicted octanol–water partition coefficient (Wildman–Crippen LogP) is 2.60. The number of aromatic nitrogens is 1. The SMILES string of the molecule is Cc1ccnc2ccsc12. The Kier molecular flexibility index (Phi) is 1.21. The van der Waals surface area contributed by atoms with Gasteiger partial charge in [0.05, 0.1) is 10.2 Å². The number of nitrogens with zero attached hydrogens (tertiary/aromatic N) is 1. The summed E-state index contributed by atoms with van der Waals surface area (Å²) >= 11 is 1.75. The summed E-state index contributed by atoms with van der Waals surface area (Å²) in [4.78, 5) is 4.21. The first kappa shape index (κ1) is 5.86. The summed E-state index contributed by atoms with van der Waals surface area (Å²) in [5.41, 5.74) is 2.44. The molecular weight excluding hydrogens is 142 g/mol. The van der Waals surface area contributed by atoms with Crippen molar-refractivity contribution >= 4 is 21.6 Å². The summed E-state index contributed by atoms with van der Waals surface area (Å²) < 4.78 is 1.31. The van der Waals surface area contributed by atoms with Gasteiger partial charge in [-0.2, -0.15) is 0 Å². The van der Waals surface area contributed by atoms with Gasteiger partial charge in [0.2, 0.25) is 0 Å². The zero-order valence-electron chi connectivity index (χ0n) is 5.66. The average molecular weight is 149 g/mol. The van der Waals surface area contributed by atoms with Crippen molar-refractivity contribution in [3.05, 3.63) is 29.3 Å². The second-order valence-electron chi connectivity index (χ2n) is 2.26. The zero-order chi connectivity index (χ0) is 6.97. The maximum absolute atomic E-state index is 4.21. The molecule has 2 heteroatoms. The summed E-state index contributed by atoms with van der Waals surface area (Å²) in [5.74, 6) is 0. The van der Waals surface area contributed by atoms with E-state index >= 15 is 0 Å². The molecule has 0 aromatic carbocycles. The Balaban J connectivity index is 2.95. The van der Waals surface area contributed by atoms with Gasteiger partial charge in [-0.05, 0) is 30.0 Å². The smallest absolute Gasteiger partial charge is 0.0812 e. The van der Waals surface area contributed by atoms with Gasteiger partial charge in [0.25, 0.3) is 0 Å². The lowest BCUT2D eigenvalue weighted by Crippen LogP contribution is -1.73. The van der Waals surface area contributed by atoms with E-state index in [-0.39, 0.29) is 0 Å². The van der Waals surface area contributed by atoms with Crippen LogP contribution in [0.5, 0.6) is 0 Å². The fourth-order valence-corrected chi connectivity index (χ4v) is 1.83. The molecule has 10 heavy (non-hydrogen) atoms. The molecule has 0 bridgehead atoms. The summed E-state index contributed by atoms with van der Waals surface area (Å²) in [6.07, 6.45) is 1.85. The number of pyridine rings is 1. The van der Waals surface area contributed by atoms with Crippen molar-refractivity contribution in [3.8, 4) is 0 Å². The molecule has 0 radical (unpaired) electrons. The van der Waals surface area contributed by atoms with E-state index in [1.807, 2.05) is 18.3 Å². The highest BCUT2D eigenvalue weighted by atomic mass is 32.1. The molecule has 2 heterocycles. The van der Waals surface area contributed by atoms with Crippen molar-refractivity contribution < 1.29 is 0 Å². The Morgan fingerprint density at radius 1 is 1.40 bits per heavy atom. The summed E-state index contributed by atoms with van der Waals surface area (Å²) in [7, 11) is 0. The van der Waals surface area contributed by atoms with Crippen LogP contribution in [-0.2, 0) is 0 Å².